The Hall–Kier alpha value is -2.74. The number of nitrogens with zero attached hydrogens (tertiary/aromatic N) is 2. The van der Waals surface area contributed by atoms with Crippen LogP contribution in [-0.4, -0.2) is 23.7 Å². The minimum atomic E-state index is -0.505. The van der Waals surface area contributed by atoms with E-state index in [0.717, 1.165) is 4.47 Å². The van der Waals surface area contributed by atoms with Crippen LogP contribution >= 0.6 is 15.9 Å². The Morgan fingerprint density at radius 2 is 2.08 bits per heavy atom. The first-order chi connectivity index (χ1) is 11.6. The molecule has 0 aliphatic heterocycles. The molecule has 0 saturated heterocycles. The fourth-order valence-electron chi connectivity index (χ4n) is 1.81. The molecule has 0 aliphatic carbocycles. The highest BCUT2D eigenvalue weighted by atomic mass is 79.9. The molecule has 0 fully saturated rings. The lowest BCUT2D eigenvalue weighted by Gasteiger charge is -2.05. The predicted molar refractivity (Wildman–Crippen MR) is 93.1 cm³/mol. The summed E-state index contributed by atoms with van der Waals surface area (Å²) in [5.74, 6) is 0.306. The first-order valence-electron chi connectivity index (χ1n) is 7.00. The van der Waals surface area contributed by atoms with Gasteiger partial charge in [0.25, 0.3) is 5.69 Å². The zero-order valence-electron chi connectivity index (χ0n) is 12.5. The number of rotatable bonds is 7. The van der Waals surface area contributed by atoms with Crippen molar-refractivity contribution in [1.29, 1.82) is 0 Å². The normalized spacial score (nSPS) is 10.5. The SMILES string of the molecule is O=C(CCOc1cccc(Br)c1)N/N=C/c1ccccc1[N+](=O)[O-]. The summed E-state index contributed by atoms with van der Waals surface area (Å²) in [6.45, 7) is 0.198. The maximum Gasteiger partial charge on any atom is 0.278 e. The zero-order chi connectivity index (χ0) is 17.4. The maximum atomic E-state index is 11.7. The average Bonchev–Trinajstić information content (AvgIpc) is 2.55. The summed E-state index contributed by atoms with van der Waals surface area (Å²) in [5, 5.41) is 14.6. The van der Waals surface area contributed by atoms with Gasteiger partial charge in [-0.2, -0.15) is 5.10 Å². The van der Waals surface area contributed by atoms with Crippen molar-refractivity contribution in [1.82, 2.24) is 5.43 Å². The second-order valence-corrected chi connectivity index (χ2v) is 5.58. The summed E-state index contributed by atoms with van der Waals surface area (Å²) in [4.78, 5) is 22.0. The third-order valence-corrected chi connectivity index (χ3v) is 3.41. The number of nitro benzene ring substituents is 1. The van der Waals surface area contributed by atoms with E-state index in [9.17, 15) is 14.9 Å². The highest BCUT2D eigenvalue weighted by Crippen LogP contribution is 2.17. The van der Waals surface area contributed by atoms with Gasteiger partial charge in [0.1, 0.15) is 5.75 Å². The first kappa shape index (κ1) is 17.6. The quantitative estimate of drug-likeness (QED) is 0.445. The first-order valence-corrected chi connectivity index (χ1v) is 7.79. The van der Waals surface area contributed by atoms with E-state index >= 15 is 0 Å². The molecule has 0 radical (unpaired) electrons. The third kappa shape index (κ3) is 5.47. The topological polar surface area (TPSA) is 93.8 Å². The fraction of sp³-hybridized carbons (Fsp3) is 0.125. The van der Waals surface area contributed by atoms with Crippen LogP contribution in [0.3, 0.4) is 0 Å². The molecule has 7 nitrogen and oxygen atoms in total. The van der Waals surface area contributed by atoms with Crippen LogP contribution in [0.1, 0.15) is 12.0 Å². The molecule has 0 unspecified atom stereocenters. The molecule has 0 spiro atoms. The van der Waals surface area contributed by atoms with Gasteiger partial charge in [0.15, 0.2) is 0 Å². The van der Waals surface area contributed by atoms with Crippen LogP contribution in [0.4, 0.5) is 5.69 Å². The standard InChI is InChI=1S/C16H14BrN3O4/c17-13-5-3-6-14(10-13)24-9-8-16(21)19-18-11-12-4-1-2-7-15(12)20(22)23/h1-7,10-11H,8-9H2,(H,19,21)/b18-11+. The van der Waals surface area contributed by atoms with E-state index in [2.05, 4.69) is 26.5 Å². The second-order valence-electron chi connectivity index (χ2n) is 4.66. The van der Waals surface area contributed by atoms with Gasteiger partial charge in [-0.05, 0) is 24.3 Å². The third-order valence-electron chi connectivity index (χ3n) is 2.92. The summed E-state index contributed by atoms with van der Waals surface area (Å²) in [7, 11) is 0. The number of para-hydroxylation sites is 1. The van der Waals surface area contributed by atoms with Crippen molar-refractivity contribution in [2.45, 2.75) is 6.42 Å². The summed E-state index contributed by atoms with van der Waals surface area (Å²) >= 11 is 3.33. The Morgan fingerprint density at radius 1 is 1.29 bits per heavy atom. The van der Waals surface area contributed by atoms with Gasteiger partial charge in [-0.1, -0.05) is 34.1 Å². The van der Waals surface area contributed by atoms with Gasteiger partial charge in [-0.3, -0.25) is 14.9 Å². The number of nitrogens with one attached hydrogen (secondary N) is 1. The number of hydrazone groups is 1. The van der Waals surface area contributed by atoms with Gasteiger partial charge in [0.05, 0.1) is 29.7 Å². The number of amides is 1. The smallest absolute Gasteiger partial charge is 0.278 e. The molecule has 2 aromatic rings. The molecule has 0 saturated carbocycles. The van der Waals surface area contributed by atoms with Crippen molar-refractivity contribution >= 4 is 33.7 Å². The van der Waals surface area contributed by atoms with E-state index in [1.165, 1.54) is 12.3 Å². The summed E-state index contributed by atoms with van der Waals surface area (Å²) in [5.41, 5.74) is 2.55. The van der Waals surface area contributed by atoms with Crippen molar-refractivity contribution in [2.75, 3.05) is 6.61 Å². The van der Waals surface area contributed by atoms with E-state index in [0.29, 0.717) is 11.3 Å². The molecule has 0 bridgehead atoms. The van der Waals surface area contributed by atoms with Crippen molar-refractivity contribution in [3.8, 4) is 5.75 Å². The monoisotopic (exact) mass is 391 g/mol. The zero-order valence-corrected chi connectivity index (χ0v) is 14.1. The Bertz CT molecular complexity index is 764. The van der Waals surface area contributed by atoms with Gasteiger partial charge in [0.2, 0.25) is 5.91 Å². The molecule has 0 heterocycles. The highest BCUT2D eigenvalue weighted by molar-refractivity contribution is 9.10. The van der Waals surface area contributed by atoms with Gasteiger partial charge >= 0.3 is 0 Å². The molecule has 2 rings (SSSR count). The lowest BCUT2D eigenvalue weighted by molar-refractivity contribution is -0.385. The number of hydrogen-bond donors (Lipinski definition) is 1. The van der Waals surface area contributed by atoms with Crippen LogP contribution in [0.25, 0.3) is 0 Å². The van der Waals surface area contributed by atoms with Crippen LogP contribution in [0.2, 0.25) is 0 Å². The molecule has 1 amide bonds. The summed E-state index contributed by atoms with van der Waals surface area (Å²) in [6, 6.07) is 13.4. The van der Waals surface area contributed by atoms with E-state index in [4.69, 9.17) is 4.74 Å². The molecule has 0 atom stereocenters. The Kier molecular flexibility index (Phi) is 6.44. The lowest BCUT2D eigenvalue weighted by Crippen LogP contribution is -2.20. The highest BCUT2D eigenvalue weighted by Gasteiger charge is 2.10. The van der Waals surface area contributed by atoms with Gasteiger partial charge < -0.3 is 4.74 Å². The average molecular weight is 392 g/mol. The van der Waals surface area contributed by atoms with E-state index < -0.39 is 4.92 Å². The van der Waals surface area contributed by atoms with Crippen LogP contribution < -0.4 is 10.2 Å². The number of carbonyl (C=O) groups is 1. The molecule has 2 aromatic carbocycles. The Balaban J connectivity index is 1.80. The summed E-state index contributed by atoms with van der Waals surface area (Å²) in [6.07, 6.45) is 1.35. The molecule has 0 aromatic heterocycles. The Morgan fingerprint density at radius 3 is 2.83 bits per heavy atom. The van der Waals surface area contributed by atoms with Gasteiger partial charge in [-0.25, -0.2) is 5.43 Å². The van der Waals surface area contributed by atoms with Crippen molar-refractivity contribution < 1.29 is 14.5 Å². The number of ether oxygens (including phenoxy) is 1. The molecule has 24 heavy (non-hydrogen) atoms. The summed E-state index contributed by atoms with van der Waals surface area (Å²) < 4.78 is 6.33. The fourth-order valence-corrected chi connectivity index (χ4v) is 2.19. The lowest BCUT2D eigenvalue weighted by atomic mass is 10.2. The molecule has 1 N–H and O–H groups in total. The van der Waals surface area contributed by atoms with Crippen LogP contribution in [-0.2, 0) is 4.79 Å². The number of nitro groups is 1. The molecular formula is C16H14BrN3O4. The van der Waals surface area contributed by atoms with Crippen molar-refractivity contribution in [3.63, 3.8) is 0 Å². The molecule has 124 valence electrons. The predicted octanol–water partition coefficient (Wildman–Crippen LogP) is 3.28. The van der Waals surface area contributed by atoms with Crippen LogP contribution in [0.5, 0.6) is 5.75 Å². The minimum Gasteiger partial charge on any atom is -0.493 e. The van der Waals surface area contributed by atoms with E-state index in [1.807, 2.05) is 12.1 Å². The van der Waals surface area contributed by atoms with E-state index in [1.54, 1.807) is 30.3 Å². The van der Waals surface area contributed by atoms with Crippen molar-refractivity contribution in [2.24, 2.45) is 5.10 Å². The van der Waals surface area contributed by atoms with Gasteiger partial charge in [0, 0.05) is 10.5 Å². The number of halogens is 1. The molecule has 8 heteroatoms. The van der Waals surface area contributed by atoms with Crippen LogP contribution in [0, 0.1) is 10.1 Å². The Labute approximate surface area is 146 Å². The van der Waals surface area contributed by atoms with Gasteiger partial charge in [-0.15, -0.1) is 0 Å². The van der Waals surface area contributed by atoms with Crippen molar-refractivity contribution in [3.05, 3.63) is 68.7 Å². The second kappa shape index (κ2) is 8.78. The molecular weight excluding hydrogens is 378 g/mol. The van der Waals surface area contributed by atoms with Crippen LogP contribution in [0.15, 0.2) is 58.1 Å². The number of carbonyl (C=O) groups excluding carboxylic acids is 1. The molecule has 0 aliphatic rings. The number of hydrogen-bond acceptors (Lipinski definition) is 5. The largest absolute Gasteiger partial charge is 0.493 e. The van der Waals surface area contributed by atoms with E-state index in [-0.39, 0.29) is 24.6 Å². The number of benzene rings is 2. The maximum absolute atomic E-state index is 11.7. The minimum absolute atomic E-state index is 0.0755.